The first kappa shape index (κ1) is 20.6. The second kappa shape index (κ2) is 8.31. The third-order valence-electron chi connectivity index (χ3n) is 6.20. The summed E-state index contributed by atoms with van der Waals surface area (Å²) in [7, 11) is 0. The SMILES string of the molecule is Cc1sc2ncnc(SCC(=O)NC3(c4ccc5c(c4)OCCO5)CCCC3)c2c1C. The van der Waals surface area contributed by atoms with Crippen LogP contribution < -0.4 is 14.8 Å². The Kier molecular flexibility index (Phi) is 5.52. The fraction of sp³-hybridized carbons (Fsp3) is 0.435. The van der Waals surface area contributed by atoms with Crippen molar-refractivity contribution in [2.24, 2.45) is 0 Å². The summed E-state index contributed by atoms with van der Waals surface area (Å²) in [5, 5.41) is 5.31. The maximum atomic E-state index is 13.0. The van der Waals surface area contributed by atoms with E-state index in [4.69, 9.17) is 9.47 Å². The number of rotatable bonds is 5. The standard InChI is InChI=1S/C23H25N3O3S2/c1-14-15(2)31-22-20(14)21(24-13-25-22)30-12-19(27)26-23(7-3-4-8-23)16-5-6-17-18(11-16)29-10-9-28-17/h5-6,11,13H,3-4,7-10,12H2,1-2H3,(H,26,27). The third-order valence-corrected chi connectivity index (χ3v) is 8.31. The van der Waals surface area contributed by atoms with Crippen molar-refractivity contribution in [1.29, 1.82) is 0 Å². The number of thiophene rings is 1. The lowest BCUT2D eigenvalue weighted by atomic mass is 9.87. The van der Waals surface area contributed by atoms with Crippen LogP contribution in [0.1, 0.15) is 41.7 Å². The Bertz CT molecular complexity index is 1140. The molecule has 5 rings (SSSR count). The lowest BCUT2D eigenvalue weighted by Crippen LogP contribution is -2.44. The van der Waals surface area contributed by atoms with Crippen LogP contribution in [0.5, 0.6) is 11.5 Å². The summed E-state index contributed by atoms with van der Waals surface area (Å²) in [6, 6.07) is 6.07. The molecule has 8 heteroatoms. The number of thioether (sulfide) groups is 1. The van der Waals surface area contributed by atoms with E-state index in [2.05, 4.69) is 35.2 Å². The number of benzene rings is 1. The van der Waals surface area contributed by atoms with E-state index in [0.29, 0.717) is 19.0 Å². The lowest BCUT2D eigenvalue weighted by Gasteiger charge is -2.32. The molecule has 6 nitrogen and oxygen atoms in total. The van der Waals surface area contributed by atoms with Gasteiger partial charge in [0.05, 0.1) is 11.3 Å². The van der Waals surface area contributed by atoms with Crippen LogP contribution in [0.15, 0.2) is 29.6 Å². The van der Waals surface area contributed by atoms with Gasteiger partial charge >= 0.3 is 0 Å². The highest BCUT2D eigenvalue weighted by Gasteiger charge is 2.37. The Morgan fingerprint density at radius 3 is 2.74 bits per heavy atom. The quantitative estimate of drug-likeness (QED) is 0.442. The van der Waals surface area contributed by atoms with E-state index in [1.54, 1.807) is 17.7 Å². The van der Waals surface area contributed by atoms with Crippen LogP contribution in [-0.2, 0) is 10.3 Å². The van der Waals surface area contributed by atoms with Gasteiger partial charge in [-0.05, 0) is 49.9 Å². The fourth-order valence-electron chi connectivity index (χ4n) is 4.50. The van der Waals surface area contributed by atoms with Crippen LogP contribution in [0.3, 0.4) is 0 Å². The minimum Gasteiger partial charge on any atom is -0.486 e. The molecule has 1 amide bonds. The average Bonchev–Trinajstić information content (AvgIpc) is 3.37. The highest BCUT2D eigenvalue weighted by atomic mass is 32.2. The van der Waals surface area contributed by atoms with Gasteiger partial charge in [0.2, 0.25) is 5.91 Å². The maximum absolute atomic E-state index is 13.0. The van der Waals surface area contributed by atoms with Crippen LogP contribution in [0, 0.1) is 13.8 Å². The van der Waals surface area contributed by atoms with E-state index < -0.39 is 0 Å². The van der Waals surface area contributed by atoms with Crippen molar-refractivity contribution in [2.45, 2.75) is 50.1 Å². The zero-order valence-electron chi connectivity index (χ0n) is 17.7. The first-order valence-electron chi connectivity index (χ1n) is 10.6. The van der Waals surface area contributed by atoms with Gasteiger partial charge in [-0.3, -0.25) is 4.79 Å². The molecule has 0 spiro atoms. The summed E-state index contributed by atoms with van der Waals surface area (Å²) in [5.74, 6) is 1.90. The number of carbonyl (C=O) groups is 1. The van der Waals surface area contributed by atoms with E-state index in [-0.39, 0.29) is 11.4 Å². The van der Waals surface area contributed by atoms with Gasteiger partial charge in [-0.25, -0.2) is 9.97 Å². The molecule has 0 bridgehead atoms. The van der Waals surface area contributed by atoms with Crippen LogP contribution in [0.4, 0.5) is 0 Å². The molecular formula is C23H25N3O3S2. The zero-order valence-corrected chi connectivity index (χ0v) is 19.3. The number of amides is 1. The number of ether oxygens (including phenoxy) is 2. The fourth-order valence-corrected chi connectivity index (χ4v) is 6.42. The molecule has 2 aromatic heterocycles. The highest BCUT2D eigenvalue weighted by molar-refractivity contribution is 8.00. The molecule has 1 N–H and O–H groups in total. The number of fused-ring (bicyclic) bond motifs is 2. The van der Waals surface area contributed by atoms with Crippen molar-refractivity contribution in [3.05, 3.63) is 40.5 Å². The van der Waals surface area contributed by atoms with Gasteiger partial charge in [-0.2, -0.15) is 0 Å². The molecule has 3 heterocycles. The summed E-state index contributed by atoms with van der Waals surface area (Å²) < 4.78 is 11.4. The number of nitrogens with zero attached hydrogens (tertiary/aromatic N) is 2. The van der Waals surface area contributed by atoms with Crippen molar-refractivity contribution >= 4 is 39.2 Å². The Balaban J connectivity index is 1.34. The molecule has 0 saturated heterocycles. The highest BCUT2D eigenvalue weighted by Crippen LogP contribution is 2.42. The van der Waals surface area contributed by atoms with E-state index >= 15 is 0 Å². The van der Waals surface area contributed by atoms with Crippen molar-refractivity contribution in [3.63, 3.8) is 0 Å². The molecule has 0 atom stereocenters. The number of aryl methyl sites for hydroxylation is 2. The van der Waals surface area contributed by atoms with Crippen LogP contribution in [0.25, 0.3) is 10.2 Å². The van der Waals surface area contributed by atoms with Gasteiger partial charge in [-0.15, -0.1) is 11.3 Å². The number of aromatic nitrogens is 2. The normalized spacial score (nSPS) is 17.1. The largest absolute Gasteiger partial charge is 0.486 e. The molecule has 1 aromatic carbocycles. The molecule has 0 unspecified atom stereocenters. The number of hydrogen-bond acceptors (Lipinski definition) is 7. The summed E-state index contributed by atoms with van der Waals surface area (Å²) in [6.07, 6.45) is 5.66. The predicted octanol–water partition coefficient (Wildman–Crippen LogP) is 4.76. The van der Waals surface area contributed by atoms with E-state index in [1.165, 1.54) is 22.2 Å². The molecule has 3 aromatic rings. The lowest BCUT2D eigenvalue weighted by molar-refractivity contribution is -0.120. The topological polar surface area (TPSA) is 73.3 Å². The molecule has 1 aliphatic carbocycles. The number of hydrogen-bond donors (Lipinski definition) is 1. The Labute approximate surface area is 189 Å². The second-order valence-corrected chi connectivity index (χ2v) is 10.3. The Morgan fingerprint density at radius 2 is 1.94 bits per heavy atom. The first-order chi connectivity index (χ1) is 15.1. The molecule has 2 aliphatic rings. The maximum Gasteiger partial charge on any atom is 0.231 e. The van der Waals surface area contributed by atoms with Crippen molar-refractivity contribution in [2.75, 3.05) is 19.0 Å². The van der Waals surface area contributed by atoms with E-state index in [1.807, 2.05) is 12.1 Å². The summed E-state index contributed by atoms with van der Waals surface area (Å²) in [6.45, 7) is 5.32. The molecular weight excluding hydrogens is 430 g/mol. The summed E-state index contributed by atoms with van der Waals surface area (Å²) in [4.78, 5) is 24.1. The minimum absolute atomic E-state index is 0.0261. The monoisotopic (exact) mass is 455 g/mol. The predicted molar refractivity (Wildman–Crippen MR) is 123 cm³/mol. The molecule has 162 valence electrons. The molecule has 1 saturated carbocycles. The molecule has 1 fully saturated rings. The minimum atomic E-state index is -0.344. The van der Waals surface area contributed by atoms with Gasteiger partial charge in [0.15, 0.2) is 11.5 Å². The van der Waals surface area contributed by atoms with Gasteiger partial charge in [0, 0.05) is 10.3 Å². The zero-order chi connectivity index (χ0) is 21.4. The number of carbonyl (C=O) groups excluding carboxylic acids is 1. The van der Waals surface area contributed by atoms with Gasteiger partial charge in [0.1, 0.15) is 29.4 Å². The summed E-state index contributed by atoms with van der Waals surface area (Å²) >= 11 is 3.16. The average molecular weight is 456 g/mol. The second-order valence-electron chi connectivity index (χ2n) is 8.13. The van der Waals surface area contributed by atoms with E-state index in [0.717, 1.165) is 58.0 Å². The summed E-state index contributed by atoms with van der Waals surface area (Å²) in [5.41, 5.74) is 1.96. The number of nitrogens with one attached hydrogen (secondary N) is 1. The molecule has 0 radical (unpaired) electrons. The molecule has 31 heavy (non-hydrogen) atoms. The van der Waals surface area contributed by atoms with Gasteiger partial charge in [0.25, 0.3) is 0 Å². The Hall–Kier alpha value is -2.32. The van der Waals surface area contributed by atoms with Gasteiger partial charge < -0.3 is 14.8 Å². The molecule has 1 aliphatic heterocycles. The van der Waals surface area contributed by atoms with Crippen LogP contribution in [-0.4, -0.2) is 34.8 Å². The first-order valence-corrected chi connectivity index (χ1v) is 12.4. The third kappa shape index (κ3) is 3.87. The van der Waals surface area contributed by atoms with Crippen LogP contribution in [0.2, 0.25) is 0 Å². The Morgan fingerprint density at radius 1 is 1.16 bits per heavy atom. The smallest absolute Gasteiger partial charge is 0.231 e. The van der Waals surface area contributed by atoms with Crippen LogP contribution >= 0.6 is 23.1 Å². The van der Waals surface area contributed by atoms with Crippen molar-refractivity contribution in [1.82, 2.24) is 15.3 Å². The van der Waals surface area contributed by atoms with Gasteiger partial charge in [-0.1, -0.05) is 30.7 Å². The van der Waals surface area contributed by atoms with Crippen molar-refractivity contribution in [3.8, 4) is 11.5 Å². The van der Waals surface area contributed by atoms with Crippen molar-refractivity contribution < 1.29 is 14.3 Å². The van der Waals surface area contributed by atoms with E-state index in [9.17, 15) is 4.79 Å².